The summed E-state index contributed by atoms with van der Waals surface area (Å²) in [5, 5.41) is 29.8. The molecule has 1 aromatic carbocycles. The van der Waals surface area contributed by atoms with E-state index >= 15 is 0 Å². The maximum Gasteiger partial charge on any atom is 0.275 e. The summed E-state index contributed by atoms with van der Waals surface area (Å²) in [5.74, 6) is -1.12. The average Bonchev–Trinajstić information content (AvgIpc) is 3.16. The number of carbonyl (C=O) groups is 2. The van der Waals surface area contributed by atoms with Crippen molar-refractivity contribution in [1.82, 2.24) is 15.4 Å². The number of hydrogen-bond acceptors (Lipinski definition) is 8. The Bertz CT molecular complexity index is 972. The van der Waals surface area contributed by atoms with Crippen molar-refractivity contribution in [3.8, 4) is 22.8 Å². The van der Waals surface area contributed by atoms with E-state index in [1.54, 1.807) is 13.0 Å². The maximum absolute atomic E-state index is 12.7. The summed E-state index contributed by atoms with van der Waals surface area (Å²) in [6.45, 7) is 9.26. The highest BCUT2D eigenvalue weighted by molar-refractivity contribution is 6.05. The van der Waals surface area contributed by atoms with Crippen molar-refractivity contribution in [2.24, 2.45) is 0 Å². The molecule has 1 aliphatic heterocycles. The minimum atomic E-state index is -0.506. The van der Waals surface area contributed by atoms with E-state index in [4.69, 9.17) is 9.26 Å². The van der Waals surface area contributed by atoms with Crippen molar-refractivity contribution < 1.29 is 29.1 Å². The molecule has 182 valence electrons. The first-order chi connectivity index (χ1) is 15.3. The fourth-order valence-electron chi connectivity index (χ4n) is 3.51. The van der Waals surface area contributed by atoms with Gasteiger partial charge in [0.15, 0.2) is 11.5 Å². The fraction of sp³-hybridized carbons (Fsp3) is 0.500. The van der Waals surface area contributed by atoms with Gasteiger partial charge in [-0.3, -0.25) is 14.5 Å². The molecule has 11 heteroatoms. The topological polar surface area (TPSA) is 137 Å². The molecule has 0 radical (unpaired) electrons. The zero-order valence-corrected chi connectivity index (χ0v) is 19.8. The minimum absolute atomic E-state index is 0. The minimum Gasteiger partial charge on any atom is -0.508 e. The van der Waals surface area contributed by atoms with Gasteiger partial charge in [-0.15, -0.1) is 12.4 Å². The van der Waals surface area contributed by atoms with Gasteiger partial charge in [0.05, 0.1) is 18.8 Å². The number of hydrogen-bond donors (Lipinski definition) is 4. The molecule has 3 rings (SSSR count). The van der Waals surface area contributed by atoms with Crippen molar-refractivity contribution in [3.63, 3.8) is 0 Å². The second-order valence-electron chi connectivity index (χ2n) is 7.93. The first kappa shape index (κ1) is 26.4. The number of phenolic OH excluding ortho intramolecular Hbond substituents is 2. The Hall–Kier alpha value is -2.82. The summed E-state index contributed by atoms with van der Waals surface area (Å²) in [7, 11) is 0. The number of ether oxygens (including phenoxy) is 1. The largest absolute Gasteiger partial charge is 0.508 e. The molecule has 0 spiro atoms. The van der Waals surface area contributed by atoms with Crippen LogP contribution in [-0.2, 0) is 9.53 Å². The number of rotatable bonds is 8. The van der Waals surface area contributed by atoms with Crippen LogP contribution in [0.2, 0.25) is 0 Å². The second kappa shape index (κ2) is 11.9. The molecule has 0 saturated carbocycles. The monoisotopic (exact) mass is 482 g/mol. The van der Waals surface area contributed by atoms with Gasteiger partial charge in [0, 0.05) is 38.7 Å². The summed E-state index contributed by atoms with van der Waals surface area (Å²) >= 11 is 0. The number of nitrogens with one attached hydrogen (secondary N) is 2. The molecule has 2 aromatic rings. The first-order valence-electron chi connectivity index (χ1n) is 10.8. The van der Waals surface area contributed by atoms with E-state index in [1.165, 1.54) is 6.07 Å². The number of carbonyl (C=O) groups excluding carboxylic acids is 2. The zero-order valence-electron chi connectivity index (χ0n) is 19.0. The Morgan fingerprint density at radius 2 is 1.88 bits per heavy atom. The van der Waals surface area contributed by atoms with Crippen molar-refractivity contribution in [1.29, 1.82) is 0 Å². The molecule has 10 nitrogen and oxygen atoms in total. The number of aromatic nitrogens is 1. The molecule has 2 heterocycles. The second-order valence-corrected chi connectivity index (χ2v) is 7.93. The van der Waals surface area contributed by atoms with Gasteiger partial charge in [0.2, 0.25) is 5.91 Å². The summed E-state index contributed by atoms with van der Waals surface area (Å²) < 4.78 is 10.7. The van der Waals surface area contributed by atoms with Crippen LogP contribution in [0.1, 0.15) is 49.2 Å². The number of amides is 2. The number of phenols is 2. The van der Waals surface area contributed by atoms with E-state index < -0.39 is 5.91 Å². The van der Waals surface area contributed by atoms with Gasteiger partial charge >= 0.3 is 0 Å². The predicted octanol–water partition coefficient (Wildman–Crippen LogP) is 2.71. The number of anilines is 1. The van der Waals surface area contributed by atoms with Gasteiger partial charge in [0.25, 0.3) is 5.91 Å². The quantitative estimate of drug-likeness (QED) is 0.450. The third-order valence-electron chi connectivity index (χ3n) is 5.28. The van der Waals surface area contributed by atoms with E-state index in [9.17, 15) is 19.8 Å². The van der Waals surface area contributed by atoms with Crippen LogP contribution < -0.4 is 10.6 Å². The Labute approximate surface area is 198 Å². The number of nitrogens with zero attached hydrogens (tertiary/aromatic N) is 2. The lowest BCUT2D eigenvalue weighted by Gasteiger charge is -2.26. The van der Waals surface area contributed by atoms with Gasteiger partial charge in [-0.1, -0.05) is 19.0 Å². The lowest BCUT2D eigenvalue weighted by Crippen LogP contribution is -2.38. The molecule has 0 aliphatic carbocycles. The Balaban J connectivity index is 0.00000385. The van der Waals surface area contributed by atoms with Crippen molar-refractivity contribution >= 4 is 29.9 Å². The maximum atomic E-state index is 12.7. The molecule has 1 aromatic heterocycles. The predicted molar refractivity (Wildman–Crippen MR) is 125 cm³/mol. The summed E-state index contributed by atoms with van der Waals surface area (Å²) in [6.07, 6.45) is 0.207. The number of aromatic hydroxyl groups is 2. The summed E-state index contributed by atoms with van der Waals surface area (Å²) in [5.41, 5.74) is 0.801. The Morgan fingerprint density at radius 1 is 1.18 bits per heavy atom. The Morgan fingerprint density at radius 3 is 2.52 bits per heavy atom. The Kier molecular flexibility index (Phi) is 9.51. The van der Waals surface area contributed by atoms with Gasteiger partial charge < -0.3 is 30.1 Å². The summed E-state index contributed by atoms with van der Waals surface area (Å²) in [6, 6.07) is 2.78. The molecule has 1 aliphatic rings. The van der Waals surface area contributed by atoms with Crippen molar-refractivity contribution in [2.45, 2.75) is 33.1 Å². The molecule has 1 saturated heterocycles. The van der Waals surface area contributed by atoms with Gasteiger partial charge in [-0.25, -0.2) is 0 Å². The average molecular weight is 483 g/mol. The van der Waals surface area contributed by atoms with Gasteiger partial charge in [-0.05, 0) is 24.5 Å². The van der Waals surface area contributed by atoms with E-state index in [1.807, 2.05) is 13.8 Å². The van der Waals surface area contributed by atoms with Crippen LogP contribution in [0.4, 0.5) is 5.69 Å². The normalized spacial score (nSPS) is 14.1. The molecular formula is C22H31ClN4O6. The van der Waals surface area contributed by atoms with Crippen LogP contribution >= 0.6 is 12.4 Å². The van der Waals surface area contributed by atoms with Crippen molar-refractivity contribution in [3.05, 3.63) is 23.4 Å². The zero-order chi connectivity index (χ0) is 23.3. The molecule has 33 heavy (non-hydrogen) atoms. The highest BCUT2D eigenvalue weighted by atomic mass is 35.5. The van der Waals surface area contributed by atoms with Gasteiger partial charge in [-0.2, -0.15) is 0 Å². The van der Waals surface area contributed by atoms with Crippen LogP contribution in [0.3, 0.4) is 0 Å². The van der Waals surface area contributed by atoms with Crippen LogP contribution in [0.15, 0.2) is 16.7 Å². The molecule has 0 bridgehead atoms. The molecule has 0 unspecified atom stereocenters. The number of benzene rings is 1. The smallest absolute Gasteiger partial charge is 0.275 e. The van der Waals surface area contributed by atoms with Crippen LogP contribution in [-0.4, -0.2) is 71.5 Å². The van der Waals surface area contributed by atoms with Crippen LogP contribution in [0.25, 0.3) is 11.3 Å². The molecule has 4 N–H and O–H groups in total. The number of halogens is 1. The molecule has 1 fully saturated rings. The van der Waals surface area contributed by atoms with E-state index in [0.717, 1.165) is 13.1 Å². The van der Waals surface area contributed by atoms with Crippen LogP contribution in [0, 0.1) is 0 Å². The third kappa shape index (κ3) is 6.37. The highest BCUT2D eigenvalue weighted by Crippen LogP contribution is 2.41. The van der Waals surface area contributed by atoms with Gasteiger partial charge in [0.1, 0.15) is 17.2 Å². The molecule has 2 amide bonds. The van der Waals surface area contributed by atoms with E-state index in [2.05, 4.69) is 20.7 Å². The van der Waals surface area contributed by atoms with Crippen molar-refractivity contribution in [2.75, 3.05) is 44.7 Å². The molecular weight excluding hydrogens is 452 g/mol. The molecule has 0 atom stereocenters. The third-order valence-corrected chi connectivity index (χ3v) is 5.28. The first-order valence-corrected chi connectivity index (χ1v) is 10.8. The van der Waals surface area contributed by atoms with Crippen LogP contribution in [0.5, 0.6) is 11.5 Å². The van der Waals surface area contributed by atoms with E-state index in [0.29, 0.717) is 31.9 Å². The SMILES string of the molecule is CCNC(=O)c1noc(-c2cc(C(C)C)c(O)cc2O)c1NC(=O)CCN1CCOCC1.Cl. The fourth-order valence-corrected chi connectivity index (χ4v) is 3.51. The lowest BCUT2D eigenvalue weighted by atomic mass is 9.97. The standard InChI is InChI=1S/C22H30N4O6.ClH/c1-4-23-22(30)20-19(24-18(29)5-6-26-7-9-31-10-8-26)21(32-25-20)15-11-14(13(2)3)16(27)12-17(15)28;/h11-13,27-28H,4-10H2,1-3H3,(H,23,30)(H,24,29);1H. The number of morpholine rings is 1. The summed E-state index contributed by atoms with van der Waals surface area (Å²) in [4.78, 5) is 27.3. The van der Waals surface area contributed by atoms with E-state index in [-0.39, 0.29) is 64.9 Å². The highest BCUT2D eigenvalue weighted by Gasteiger charge is 2.27. The lowest BCUT2D eigenvalue weighted by molar-refractivity contribution is -0.116.